The molecule has 5 nitrogen and oxygen atoms in total. The number of rotatable bonds is 5. The summed E-state index contributed by atoms with van der Waals surface area (Å²) in [6, 6.07) is 15.1. The first kappa shape index (κ1) is 16.7. The molecule has 0 radical (unpaired) electrons. The van der Waals surface area contributed by atoms with E-state index in [0.29, 0.717) is 17.9 Å². The van der Waals surface area contributed by atoms with Crippen LogP contribution < -0.4 is 5.32 Å². The highest BCUT2D eigenvalue weighted by Crippen LogP contribution is 2.21. The average molecular weight is 345 g/mol. The minimum absolute atomic E-state index is 0.00270. The Morgan fingerprint density at radius 3 is 2.42 bits per heavy atom. The van der Waals surface area contributed by atoms with E-state index in [1.54, 1.807) is 36.4 Å². The van der Waals surface area contributed by atoms with Gasteiger partial charge in [0.1, 0.15) is 0 Å². The average Bonchev–Trinajstić information content (AvgIpc) is 3.08. The van der Waals surface area contributed by atoms with Gasteiger partial charge >= 0.3 is 0 Å². The quantitative estimate of drug-likeness (QED) is 0.904. The lowest BCUT2D eigenvalue weighted by Gasteiger charge is -2.11. The van der Waals surface area contributed by atoms with Crippen molar-refractivity contribution < 1.29 is 17.9 Å². The van der Waals surface area contributed by atoms with Gasteiger partial charge < -0.3 is 10.1 Å². The van der Waals surface area contributed by atoms with E-state index < -0.39 is 9.84 Å². The lowest BCUT2D eigenvalue weighted by atomic mass is 10.2. The van der Waals surface area contributed by atoms with Crippen LogP contribution in [0.5, 0.6) is 0 Å². The van der Waals surface area contributed by atoms with Gasteiger partial charge in [-0.25, -0.2) is 8.42 Å². The number of benzene rings is 2. The molecule has 1 fully saturated rings. The highest BCUT2D eigenvalue weighted by molar-refractivity contribution is 7.91. The van der Waals surface area contributed by atoms with Crippen LogP contribution in [0, 0.1) is 0 Å². The molecule has 1 N–H and O–H groups in total. The van der Waals surface area contributed by atoms with Crippen molar-refractivity contribution in [2.75, 3.05) is 17.7 Å². The van der Waals surface area contributed by atoms with Crippen LogP contribution in [0.4, 0.5) is 5.69 Å². The van der Waals surface area contributed by atoms with Crippen LogP contribution in [0.15, 0.2) is 59.5 Å². The van der Waals surface area contributed by atoms with E-state index in [1.165, 1.54) is 12.1 Å². The number of sulfone groups is 1. The summed E-state index contributed by atoms with van der Waals surface area (Å²) in [6.45, 7) is 0.630. The summed E-state index contributed by atoms with van der Waals surface area (Å²) in [5, 5.41) is 2.75. The standard InChI is InChI=1S/C18H19NO4S/c20-18(14-5-2-1-3-6-14)19-15-8-10-17(11-9-15)24(21,22)13-16-7-4-12-23-16/h1-3,5-6,8-11,16H,4,7,12-13H2,(H,19,20)/t16-/m1/s1. The molecule has 2 aromatic carbocycles. The molecule has 0 bridgehead atoms. The molecule has 24 heavy (non-hydrogen) atoms. The van der Waals surface area contributed by atoms with Crippen LogP contribution in [0.2, 0.25) is 0 Å². The molecule has 0 aliphatic carbocycles. The van der Waals surface area contributed by atoms with E-state index in [1.807, 2.05) is 6.07 Å². The zero-order chi connectivity index (χ0) is 17.0. The van der Waals surface area contributed by atoms with E-state index in [0.717, 1.165) is 12.8 Å². The molecule has 1 atom stereocenters. The number of hydrogen-bond acceptors (Lipinski definition) is 4. The molecular weight excluding hydrogens is 326 g/mol. The summed E-state index contributed by atoms with van der Waals surface area (Å²) in [6.07, 6.45) is 1.47. The fraction of sp³-hybridized carbons (Fsp3) is 0.278. The fourth-order valence-corrected chi connectivity index (χ4v) is 4.15. The predicted octanol–water partition coefficient (Wildman–Crippen LogP) is 2.89. The zero-order valence-electron chi connectivity index (χ0n) is 13.1. The number of anilines is 1. The molecule has 1 saturated heterocycles. The number of amides is 1. The third-order valence-corrected chi connectivity index (χ3v) is 5.74. The first-order chi connectivity index (χ1) is 11.5. The summed E-state index contributed by atoms with van der Waals surface area (Å²) in [5.41, 5.74) is 1.10. The van der Waals surface area contributed by atoms with Crippen LogP contribution in [-0.2, 0) is 14.6 Å². The third kappa shape index (κ3) is 4.01. The predicted molar refractivity (Wildman–Crippen MR) is 91.9 cm³/mol. The van der Waals surface area contributed by atoms with Crippen molar-refractivity contribution in [1.29, 1.82) is 0 Å². The van der Waals surface area contributed by atoms with Crippen LogP contribution in [0.1, 0.15) is 23.2 Å². The molecule has 0 saturated carbocycles. The van der Waals surface area contributed by atoms with E-state index in [4.69, 9.17) is 4.74 Å². The van der Waals surface area contributed by atoms with Crippen molar-refractivity contribution in [3.8, 4) is 0 Å². The molecule has 0 unspecified atom stereocenters. The van der Waals surface area contributed by atoms with Gasteiger partial charge in [-0.15, -0.1) is 0 Å². The van der Waals surface area contributed by atoms with E-state index in [9.17, 15) is 13.2 Å². The molecule has 1 heterocycles. The second-order valence-corrected chi connectivity index (χ2v) is 7.80. The monoisotopic (exact) mass is 345 g/mol. The Morgan fingerprint density at radius 2 is 1.79 bits per heavy atom. The second kappa shape index (κ2) is 7.15. The normalized spacial score (nSPS) is 17.6. The Hall–Kier alpha value is -2.18. The highest BCUT2D eigenvalue weighted by atomic mass is 32.2. The number of carbonyl (C=O) groups excluding carboxylic acids is 1. The highest BCUT2D eigenvalue weighted by Gasteiger charge is 2.24. The fourth-order valence-electron chi connectivity index (χ4n) is 2.66. The van der Waals surface area contributed by atoms with Gasteiger partial charge in [-0.2, -0.15) is 0 Å². The van der Waals surface area contributed by atoms with Gasteiger partial charge in [0.15, 0.2) is 9.84 Å². The first-order valence-corrected chi connectivity index (χ1v) is 9.51. The Morgan fingerprint density at radius 1 is 1.08 bits per heavy atom. The summed E-state index contributed by atoms with van der Waals surface area (Å²) in [7, 11) is -3.38. The van der Waals surface area contributed by atoms with Crippen LogP contribution in [0.25, 0.3) is 0 Å². The third-order valence-electron chi connectivity index (χ3n) is 3.94. The van der Waals surface area contributed by atoms with Crippen molar-refractivity contribution in [3.05, 3.63) is 60.2 Å². The summed E-state index contributed by atoms with van der Waals surface area (Å²) >= 11 is 0. The Kier molecular flexibility index (Phi) is 4.97. The number of carbonyl (C=O) groups is 1. The molecule has 1 aliphatic heterocycles. The first-order valence-electron chi connectivity index (χ1n) is 7.85. The number of ether oxygens (including phenoxy) is 1. The molecule has 126 valence electrons. The summed E-state index contributed by atoms with van der Waals surface area (Å²) < 4.78 is 30.2. The zero-order valence-corrected chi connectivity index (χ0v) is 14.0. The van der Waals surface area contributed by atoms with Crippen molar-refractivity contribution in [1.82, 2.24) is 0 Å². The lowest BCUT2D eigenvalue weighted by Crippen LogP contribution is -2.20. The lowest BCUT2D eigenvalue weighted by molar-refractivity contribution is 0.102. The summed E-state index contributed by atoms with van der Waals surface area (Å²) in [4.78, 5) is 12.3. The van der Waals surface area contributed by atoms with Crippen LogP contribution >= 0.6 is 0 Å². The van der Waals surface area contributed by atoms with Gasteiger partial charge in [0, 0.05) is 17.9 Å². The Labute approximate surface area is 141 Å². The minimum atomic E-state index is -3.38. The molecule has 2 aromatic rings. The maximum absolute atomic E-state index is 12.4. The Balaban J connectivity index is 1.67. The van der Waals surface area contributed by atoms with Crippen LogP contribution in [-0.4, -0.2) is 32.8 Å². The van der Waals surface area contributed by atoms with Crippen LogP contribution in [0.3, 0.4) is 0 Å². The largest absolute Gasteiger partial charge is 0.377 e. The van der Waals surface area contributed by atoms with Gasteiger partial charge in [-0.1, -0.05) is 18.2 Å². The van der Waals surface area contributed by atoms with Crippen molar-refractivity contribution in [2.45, 2.75) is 23.8 Å². The van der Waals surface area contributed by atoms with Crippen molar-refractivity contribution in [3.63, 3.8) is 0 Å². The van der Waals surface area contributed by atoms with E-state index >= 15 is 0 Å². The van der Waals surface area contributed by atoms with Gasteiger partial charge in [-0.3, -0.25) is 4.79 Å². The minimum Gasteiger partial charge on any atom is -0.377 e. The topological polar surface area (TPSA) is 72.5 Å². The van der Waals surface area contributed by atoms with Gasteiger partial charge in [-0.05, 0) is 49.2 Å². The molecule has 0 aromatic heterocycles. The van der Waals surface area contributed by atoms with E-state index in [-0.39, 0.29) is 22.7 Å². The number of nitrogens with one attached hydrogen (secondary N) is 1. The molecule has 1 amide bonds. The molecule has 6 heteroatoms. The SMILES string of the molecule is O=C(Nc1ccc(S(=O)(=O)C[C@H]2CCCO2)cc1)c1ccccc1. The maximum atomic E-state index is 12.4. The molecular formula is C18H19NO4S. The molecule has 0 spiro atoms. The van der Waals surface area contributed by atoms with Crippen molar-refractivity contribution in [2.24, 2.45) is 0 Å². The second-order valence-electron chi connectivity index (χ2n) is 5.76. The van der Waals surface area contributed by atoms with E-state index in [2.05, 4.69) is 5.32 Å². The maximum Gasteiger partial charge on any atom is 0.255 e. The molecule has 1 aliphatic rings. The Bertz CT molecular complexity index is 795. The van der Waals surface area contributed by atoms with Gasteiger partial charge in [0.2, 0.25) is 0 Å². The molecule has 3 rings (SSSR count). The smallest absolute Gasteiger partial charge is 0.255 e. The number of hydrogen-bond donors (Lipinski definition) is 1. The van der Waals surface area contributed by atoms with Crippen molar-refractivity contribution >= 4 is 21.4 Å². The van der Waals surface area contributed by atoms with Gasteiger partial charge in [0.05, 0.1) is 16.8 Å². The summed E-state index contributed by atoms with van der Waals surface area (Å²) in [5.74, 6) is -0.228. The van der Waals surface area contributed by atoms with Gasteiger partial charge in [0.25, 0.3) is 5.91 Å².